The summed E-state index contributed by atoms with van der Waals surface area (Å²) in [6.07, 6.45) is 6.91. The zero-order valence-corrected chi connectivity index (χ0v) is 9.53. The fraction of sp³-hybridized carbons (Fsp3) is 0.357. The number of nitriles is 1. The van der Waals surface area contributed by atoms with E-state index in [0.29, 0.717) is 18.4 Å². The molecule has 3 heteroatoms. The third kappa shape index (κ3) is 1.52. The van der Waals surface area contributed by atoms with Gasteiger partial charge in [-0.2, -0.15) is 5.26 Å². The molecule has 0 bridgehead atoms. The third-order valence-electron chi connectivity index (χ3n) is 3.38. The van der Waals surface area contributed by atoms with E-state index in [0.717, 1.165) is 0 Å². The number of hydrogen-bond acceptors (Lipinski definition) is 2. The quantitative estimate of drug-likeness (QED) is 0.746. The van der Waals surface area contributed by atoms with Crippen LogP contribution >= 0.6 is 0 Å². The van der Waals surface area contributed by atoms with Gasteiger partial charge in [0.25, 0.3) is 0 Å². The second-order valence-electron chi connectivity index (χ2n) is 4.23. The number of ether oxygens (including phenoxy) is 1. The van der Waals surface area contributed by atoms with Gasteiger partial charge >= 0.3 is 0 Å². The van der Waals surface area contributed by atoms with Crippen molar-refractivity contribution in [2.75, 3.05) is 7.11 Å². The van der Waals surface area contributed by atoms with Crippen molar-refractivity contribution >= 4 is 0 Å². The number of nitrogens with zero attached hydrogens (tertiary/aromatic N) is 1. The van der Waals surface area contributed by atoms with Crippen LogP contribution in [-0.4, -0.2) is 7.11 Å². The molecule has 1 aromatic rings. The van der Waals surface area contributed by atoms with Crippen molar-refractivity contribution in [2.24, 2.45) is 5.41 Å². The molecule has 1 fully saturated rings. The lowest BCUT2D eigenvalue weighted by atomic mass is 9.79. The summed E-state index contributed by atoms with van der Waals surface area (Å²) in [5.74, 6) is 2.17. The van der Waals surface area contributed by atoms with E-state index in [2.05, 4.69) is 12.0 Å². The van der Waals surface area contributed by atoms with Crippen molar-refractivity contribution in [3.8, 4) is 18.4 Å². The first kappa shape index (κ1) is 11.6. The highest BCUT2D eigenvalue weighted by molar-refractivity contribution is 5.41. The van der Waals surface area contributed by atoms with Crippen LogP contribution in [0.4, 0.5) is 4.39 Å². The minimum atomic E-state index is -1.15. The Morgan fingerprint density at radius 3 is 2.65 bits per heavy atom. The van der Waals surface area contributed by atoms with Crippen LogP contribution < -0.4 is 0 Å². The molecular weight excluding hydrogens is 217 g/mol. The number of hydrogen-bond donors (Lipinski definition) is 0. The Hall–Kier alpha value is -1.84. The van der Waals surface area contributed by atoms with Crippen LogP contribution in [0.5, 0.6) is 0 Å². The molecule has 0 spiro atoms. The standard InChI is InChI=1S/C14H12FNO/c1-3-14(17-2,13(10-16)7-8-13)11-5-4-6-12(15)9-11/h1,4-6,9H,7-8H2,2H3/t14-/m0/s1. The molecule has 86 valence electrons. The van der Waals surface area contributed by atoms with E-state index in [-0.39, 0.29) is 5.82 Å². The Kier molecular flexibility index (Phi) is 2.65. The Balaban J connectivity index is 2.58. The van der Waals surface area contributed by atoms with Crippen molar-refractivity contribution < 1.29 is 9.13 Å². The fourth-order valence-electron chi connectivity index (χ4n) is 2.24. The van der Waals surface area contributed by atoms with Gasteiger partial charge in [-0.25, -0.2) is 4.39 Å². The smallest absolute Gasteiger partial charge is 0.171 e. The molecule has 1 saturated carbocycles. The van der Waals surface area contributed by atoms with Crippen molar-refractivity contribution in [3.05, 3.63) is 35.6 Å². The molecule has 0 saturated heterocycles. The van der Waals surface area contributed by atoms with Crippen LogP contribution in [0.25, 0.3) is 0 Å². The number of terminal acetylenes is 1. The van der Waals surface area contributed by atoms with E-state index in [9.17, 15) is 9.65 Å². The van der Waals surface area contributed by atoms with Gasteiger partial charge in [-0.3, -0.25) is 0 Å². The third-order valence-corrected chi connectivity index (χ3v) is 3.38. The lowest BCUT2D eigenvalue weighted by Crippen LogP contribution is -2.36. The Morgan fingerprint density at radius 2 is 2.24 bits per heavy atom. The summed E-state index contributed by atoms with van der Waals surface area (Å²) in [5, 5.41) is 9.27. The van der Waals surface area contributed by atoms with Crippen LogP contribution in [0, 0.1) is 34.9 Å². The molecular formula is C14H12FNO. The van der Waals surface area contributed by atoms with Gasteiger partial charge in [0.1, 0.15) is 11.2 Å². The molecule has 0 N–H and O–H groups in total. The highest BCUT2D eigenvalue weighted by atomic mass is 19.1. The Labute approximate surface area is 100 Å². The molecule has 17 heavy (non-hydrogen) atoms. The van der Waals surface area contributed by atoms with Crippen molar-refractivity contribution in [1.29, 1.82) is 5.26 Å². The number of methoxy groups -OCH3 is 1. The van der Waals surface area contributed by atoms with Gasteiger partial charge in [0.05, 0.1) is 6.07 Å². The average Bonchev–Trinajstić information content (AvgIpc) is 3.13. The molecule has 1 aliphatic rings. The first-order valence-electron chi connectivity index (χ1n) is 5.34. The first-order chi connectivity index (χ1) is 8.14. The molecule has 0 aliphatic heterocycles. The zero-order chi connectivity index (χ0) is 12.5. The zero-order valence-electron chi connectivity index (χ0n) is 9.53. The SMILES string of the molecule is C#C[C@](OC)(c1cccc(F)c1)C1(C#N)CC1. The Morgan fingerprint density at radius 1 is 1.53 bits per heavy atom. The van der Waals surface area contributed by atoms with Gasteiger partial charge in [0, 0.05) is 12.7 Å². The maximum atomic E-state index is 13.3. The van der Waals surface area contributed by atoms with Gasteiger partial charge in [0.2, 0.25) is 0 Å². The molecule has 2 nitrogen and oxygen atoms in total. The highest BCUT2D eigenvalue weighted by Crippen LogP contribution is 2.59. The minimum absolute atomic E-state index is 0.382. The van der Waals surface area contributed by atoms with Crippen molar-refractivity contribution in [3.63, 3.8) is 0 Å². The second kappa shape index (κ2) is 3.87. The van der Waals surface area contributed by atoms with E-state index in [1.54, 1.807) is 12.1 Å². The van der Waals surface area contributed by atoms with Crippen molar-refractivity contribution in [1.82, 2.24) is 0 Å². The van der Waals surface area contributed by atoms with Crippen LogP contribution in [0.3, 0.4) is 0 Å². The van der Waals surface area contributed by atoms with Crippen LogP contribution in [-0.2, 0) is 10.3 Å². The summed E-state index contributed by atoms with van der Waals surface area (Å²) < 4.78 is 18.7. The van der Waals surface area contributed by atoms with Gasteiger partial charge in [-0.15, -0.1) is 6.42 Å². The largest absolute Gasteiger partial charge is 0.360 e. The monoisotopic (exact) mass is 229 g/mol. The van der Waals surface area contributed by atoms with Gasteiger partial charge in [0.15, 0.2) is 5.60 Å². The summed E-state index contributed by atoms with van der Waals surface area (Å²) in [6, 6.07) is 8.17. The van der Waals surface area contributed by atoms with Gasteiger partial charge in [-0.05, 0) is 25.0 Å². The predicted octanol–water partition coefficient (Wildman–Crippen LogP) is 2.60. The first-order valence-corrected chi connectivity index (χ1v) is 5.34. The molecule has 1 aromatic carbocycles. The molecule has 0 unspecified atom stereocenters. The van der Waals surface area contributed by atoms with Crippen molar-refractivity contribution in [2.45, 2.75) is 18.4 Å². The Bertz CT molecular complexity index is 522. The molecule has 0 aromatic heterocycles. The number of benzene rings is 1. The topological polar surface area (TPSA) is 33.0 Å². The molecule has 0 heterocycles. The second-order valence-corrected chi connectivity index (χ2v) is 4.23. The summed E-state index contributed by atoms with van der Waals surface area (Å²) in [5.41, 5.74) is -1.34. The highest BCUT2D eigenvalue weighted by Gasteiger charge is 2.61. The van der Waals surface area contributed by atoms with E-state index in [4.69, 9.17) is 11.2 Å². The van der Waals surface area contributed by atoms with E-state index < -0.39 is 11.0 Å². The fourth-order valence-corrected chi connectivity index (χ4v) is 2.24. The van der Waals surface area contributed by atoms with Crippen LogP contribution in [0.1, 0.15) is 18.4 Å². The van der Waals surface area contributed by atoms with E-state index in [1.165, 1.54) is 19.2 Å². The molecule has 1 aliphatic carbocycles. The van der Waals surface area contributed by atoms with E-state index >= 15 is 0 Å². The molecule has 0 amide bonds. The van der Waals surface area contributed by atoms with Crippen LogP contribution in [0.2, 0.25) is 0 Å². The molecule has 0 radical (unpaired) electrons. The lowest BCUT2D eigenvalue weighted by molar-refractivity contribution is -0.00586. The molecule has 2 rings (SSSR count). The predicted molar refractivity (Wildman–Crippen MR) is 61.2 cm³/mol. The maximum Gasteiger partial charge on any atom is 0.171 e. The summed E-state index contributed by atoms with van der Waals surface area (Å²) >= 11 is 0. The number of rotatable bonds is 3. The minimum Gasteiger partial charge on any atom is -0.360 e. The van der Waals surface area contributed by atoms with Crippen LogP contribution in [0.15, 0.2) is 24.3 Å². The van der Waals surface area contributed by atoms with Gasteiger partial charge in [-0.1, -0.05) is 18.1 Å². The molecule has 1 atom stereocenters. The van der Waals surface area contributed by atoms with Gasteiger partial charge < -0.3 is 4.74 Å². The number of halogens is 1. The maximum absolute atomic E-state index is 13.3. The normalized spacial score (nSPS) is 19.8. The summed E-state index contributed by atoms with van der Waals surface area (Å²) in [7, 11) is 1.46. The lowest BCUT2D eigenvalue weighted by Gasteiger charge is -2.32. The summed E-state index contributed by atoms with van der Waals surface area (Å²) in [4.78, 5) is 0. The summed E-state index contributed by atoms with van der Waals surface area (Å²) in [6.45, 7) is 0. The van der Waals surface area contributed by atoms with E-state index in [1.807, 2.05) is 0 Å². The average molecular weight is 229 g/mol.